The molecule has 0 heterocycles. The number of nitrogens with one attached hydrogen (secondary N) is 2. The molecule has 0 saturated heterocycles. The van der Waals surface area contributed by atoms with Crippen molar-refractivity contribution in [2.45, 2.75) is 20.4 Å². The minimum Gasteiger partial charge on any atom is -0.370 e. The second-order valence-electron chi connectivity index (χ2n) is 6.05. The lowest BCUT2D eigenvalue weighted by atomic mass is 10.1. The highest BCUT2D eigenvalue weighted by atomic mass is 127. The van der Waals surface area contributed by atoms with Crippen molar-refractivity contribution in [3.05, 3.63) is 64.7 Å². The predicted octanol–water partition coefficient (Wildman–Crippen LogP) is 2.06. The van der Waals surface area contributed by atoms with Gasteiger partial charge in [-0.3, -0.25) is 9.59 Å². The highest BCUT2D eigenvalue weighted by Crippen LogP contribution is 2.13. The van der Waals surface area contributed by atoms with Gasteiger partial charge >= 0.3 is 0 Å². The Morgan fingerprint density at radius 2 is 1.59 bits per heavy atom. The number of carbonyl (C=O) groups excluding carboxylic acids is 2. The van der Waals surface area contributed by atoms with Gasteiger partial charge in [0.15, 0.2) is 5.96 Å². The molecular formula is C19H24IN5O2. The number of halogens is 1. The molecule has 0 aromatic heterocycles. The number of aryl methyl sites for hydroxylation is 2. The number of anilines is 1. The molecule has 0 spiro atoms. The van der Waals surface area contributed by atoms with E-state index < -0.39 is 5.91 Å². The van der Waals surface area contributed by atoms with E-state index in [9.17, 15) is 9.59 Å². The fourth-order valence-electron chi connectivity index (χ4n) is 2.44. The number of nitrogens with zero attached hydrogens (tertiary/aromatic N) is 1. The lowest BCUT2D eigenvalue weighted by Crippen LogP contribution is -2.33. The summed E-state index contributed by atoms with van der Waals surface area (Å²) in [5.41, 5.74) is 15.5. The first-order chi connectivity index (χ1) is 12.3. The van der Waals surface area contributed by atoms with Crippen LogP contribution in [0, 0.1) is 13.8 Å². The molecule has 6 N–H and O–H groups in total. The van der Waals surface area contributed by atoms with Crippen molar-refractivity contribution >= 4 is 47.4 Å². The number of aliphatic imine (C=N–C) groups is 1. The highest BCUT2D eigenvalue weighted by molar-refractivity contribution is 14.0. The molecule has 0 atom stereocenters. The highest BCUT2D eigenvalue weighted by Gasteiger charge is 2.06. The summed E-state index contributed by atoms with van der Waals surface area (Å²) < 4.78 is 0. The average molecular weight is 481 g/mol. The van der Waals surface area contributed by atoms with E-state index in [1.54, 1.807) is 24.3 Å². The quantitative estimate of drug-likeness (QED) is 0.287. The Bertz CT molecular complexity index is 814. The minimum absolute atomic E-state index is 0. The van der Waals surface area contributed by atoms with Crippen LogP contribution in [0.4, 0.5) is 5.69 Å². The maximum Gasteiger partial charge on any atom is 0.251 e. The standard InChI is InChI=1S/C19H23N5O2.HI/c1-12-7-13(2)9-16(8-12)24-19(21)23-10-14-3-5-15(6-4-14)18(26)22-11-17(20)25;/h3-9H,10-11H2,1-2H3,(H2,20,25)(H,22,26)(H3,21,23,24);1H. The first-order valence-corrected chi connectivity index (χ1v) is 8.14. The molecule has 0 fully saturated rings. The van der Waals surface area contributed by atoms with E-state index in [2.05, 4.69) is 21.7 Å². The zero-order valence-electron chi connectivity index (χ0n) is 15.3. The molecule has 0 aliphatic heterocycles. The van der Waals surface area contributed by atoms with Gasteiger partial charge in [0.1, 0.15) is 0 Å². The number of nitrogens with two attached hydrogens (primary N) is 2. The van der Waals surface area contributed by atoms with E-state index in [0.29, 0.717) is 18.1 Å². The van der Waals surface area contributed by atoms with Crippen LogP contribution >= 0.6 is 24.0 Å². The van der Waals surface area contributed by atoms with Gasteiger partial charge in [-0.2, -0.15) is 0 Å². The minimum atomic E-state index is -0.587. The summed E-state index contributed by atoms with van der Waals surface area (Å²) in [6.45, 7) is 4.23. The monoisotopic (exact) mass is 481 g/mol. The van der Waals surface area contributed by atoms with Crippen LogP contribution in [0.1, 0.15) is 27.0 Å². The number of rotatable bonds is 6. The molecule has 2 aromatic carbocycles. The molecule has 27 heavy (non-hydrogen) atoms. The molecule has 0 aliphatic carbocycles. The molecule has 2 rings (SSSR count). The number of hydrogen-bond donors (Lipinski definition) is 4. The topological polar surface area (TPSA) is 123 Å². The Hall–Kier alpha value is -2.62. The van der Waals surface area contributed by atoms with Gasteiger partial charge in [0.2, 0.25) is 5.91 Å². The Morgan fingerprint density at radius 3 is 2.15 bits per heavy atom. The van der Waals surface area contributed by atoms with Crippen LogP contribution < -0.4 is 22.1 Å². The van der Waals surface area contributed by atoms with Gasteiger partial charge in [0.05, 0.1) is 13.1 Å². The number of hydrogen-bond acceptors (Lipinski definition) is 3. The zero-order chi connectivity index (χ0) is 19.1. The number of primary amides is 1. The first-order valence-electron chi connectivity index (χ1n) is 8.14. The predicted molar refractivity (Wildman–Crippen MR) is 118 cm³/mol. The molecule has 7 nitrogen and oxygen atoms in total. The van der Waals surface area contributed by atoms with Crippen LogP contribution in [0.5, 0.6) is 0 Å². The molecular weight excluding hydrogens is 457 g/mol. The van der Waals surface area contributed by atoms with Gasteiger partial charge in [-0.1, -0.05) is 18.2 Å². The van der Waals surface area contributed by atoms with E-state index in [1.807, 2.05) is 26.0 Å². The van der Waals surface area contributed by atoms with Crippen LogP contribution in [0.3, 0.4) is 0 Å². The van der Waals surface area contributed by atoms with E-state index in [0.717, 1.165) is 22.4 Å². The molecule has 0 bridgehead atoms. The summed E-state index contributed by atoms with van der Waals surface area (Å²) in [6.07, 6.45) is 0. The van der Waals surface area contributed by atoms with E-state index in [4.69, 9.17) is 11.5 Å². The second kappa shape index (κ2) is 10.5. The number of benzene rings is 2. The van der Waals surface area contributed by atoms with Crippen molar-refractivity contribution in [2.24, 2.45) is 16.5 Å². The van der Waals surface area contributed by atoms with Crippen molar-refractivity contribution in [2.75, 3.05) is 11.9 Å². The molecule has 144 valence electrons. The molecule has 0 radical (unpaired) electrons. The first kappa shape index (κ1) is 22.4. The molecule has 0 saturated carbocycles. The Balaban J connectivity index is 0.00000364. The fourth-order valence-corrected chi connectivity index (χ4v) is 2.44. The van der Waals surface area contributed by atoms with Gasteiger partial charge in [-0.25, -0.2) is 4.99 Å². The van der Waals surface area contributed by atoms with Gasteiger partial charge in [-0.05, 0) is 54.8 Å². The molecule has 0 aliphatic rings. The molecule has 0 unspecified atom stereocenters. The summed E-state index contributed by atoms with van der Waals surface area (Å²) in [5, 5.41) is 5.50. The maximum atomic E-state index is 11.8. The van der Waals surface area contributed by atoms with Gasteiger partial charge < -0.3 is 22.1 Å². The van der Waals surface area contributed by atoms with Crippen LogP contribution in [-0.2, 0) is 11.3 Å². The van der Waals surface area contributed by atoms with Crippen molar-refractivity contribution in [1.29, 1.82) is 0 Å². The largest absolute Gasteiger partial charge is 0.370 e. The van der Waals surface area contributed by atoms with E-state index >= 15 is 0 Å². The summed E-state index contributed by atoms with van der Waals surface area (Å²) >= 11 is 0. The summed E-state index contributed by atoms with van der Waals surface area (Å²) in [4.78, 5) is 26.8. The third-order valence-electron chi connectivity index (χ3n) is 3.57. The van der Waals surface area contributed by atoms with Crippen LogP contribution in [-0.4, -0.2) is 24.3 Å². The van der Waals surface area contributed by atoms with Gasteiger partial charge in [0.25, 0.3) is 5.91 Å². The molecule has 2 amide bonds. The van der Waals surface area contributed by atoms with Crippen LogP contribution in [0.25, 0.3) is 0 Å². The normalized spacial score (nSPS) is 10.7. The lowest BCUT2D eigenvalue weighted by molar-refractivity contribution is -0.117. The molecule has 8 heteroatoms. The van der Waals surface area contributed by atoms with E-state index in [-0.39, 0.29) is 36.4 Å². The lowest BCUT2D eigenvalue weighted by Gasteiger charge is -2.08. The SMILES string of the molecule is Cc1cc(C)cc(NC(N)=NCc2ccc(C(=O)NCC(N)=O)cc2)c1.I. The fraction of sp³-hybridized carbons (Fsp3) is 0.211. The van der Waals surface area contributed by atoms with Gasteiger partial charge in [0, 0.05) is 11.3 Å². The van der Waals surface area contributed by atoms with Crippen molar-refractivity contribution in [3.8, 4) is 0 Å². The summed E-state index contributed by atoms with van der Waals surface area (Å²) in [6, 6.07) is 13.0. The smallest absolute Gasteiger partial charge is 0.251 e. The average Bonchev–Trinajstić information content (AvgIpc) is 2.57. The Kier molecular flexibility index (Phi) is 8.73. The maximum absolute atomic E-state index is 11.8. The second-order valence-corrected chi connectivity index (χ2v) is 6.05. The zero-order valence-corrected chi connectivity index (χ0v) is 17.6. The third-order valence-corrected chi connectivity index (χ3v) is 3.57. The Labute approximate surface area is 175 Å². The van der Waals surface area contributed by atoms with Crippen molar-refractivity contribution in [3.63, 3.8) is 0 Å². The van der Waals surface area contributed by atoms with Gasteiger partial charge in [-0.15, -0.1) is 24.0 Å². The number of amides is 2. The van der Waals surface area contributed by atoms with Crippen LogP contribution in [0.15, 0.2) is 47.5 Å². The molecule has 2 aromatic rings. The van der Waals surface area contributed by atoms with Crippen molar-refractivity contribution < 1.29 is 9.59 Å². The van der Waals surface area contributed by atoms with Crippen LogP contribution in [0.2, 0.25) is 0 Å². The third kappa shape index (κ3) is 7.65. The van der Waals surface area contributed by atoms with E-state index in [1.165, 1.54) is 0 Å². The number of carbonyl (C=O) groups is 2. The summed E-state index contributed by atoms with van der Waals surface area (Å²) in [7, 11) is 0. The Morgan fingerprint density at radius 1 is 1.00 bits per heavy atom. The number of guanidine groups is 1. The summed E-state index contributed by atoms with van der Waals surface area (Å²) in [5.74, 6) is -0.621. The van der Waals surface area contributed by atoms with Crippen molar-refractivity contribution in [1.82, 2.24) is 5.32 Å².